The predicted molar refractivity (Wildman–Crippen MR) is 124 cm³/mol. The first-order valence-corrected chi connectivity index (χ1v) is 11.6. The summed E-state index contributed by atoms with van der Waals surface area (Å²) in [7, 11) is 0. The summed E-state index contributed by atoms with van der Waals surface area (Å²) in [5, 5.41) is 3.82. The SMILES string of the molecule is CC(C)[C@H](NC(=O)c1ccccc1F)C(=O)N1CCN(Cc2nc3ccccc3s2)CC1. The van der Waals surface area contributed by atoms with Crippen LogP contribution in [0.25, 0.3) is 10.2 Å². The van der Waals surface area contributed by atoms with Gasteiger partial charge < -0.3 is 10.2 Å². The van der Waals surface area contributed by atoms with Crippen LogP contribution in [0.3, 0.4) is 0 Å². The van der Waals surface area contributed by atoms with Crippen molar-refractivity contribution in [1.82, 2.24) is 20.1 Å². The van der Waals surface area contributed by atoms with E-state index < -0.39 is 17.8 Å². The van der Waals surface area contributed by atoms with Crippen molar-refractivity contribution < 1.29 is 14.0 Å². The zero-order chi connectivity index (χ0) is 22.7. The molecule has 1 aliphatic heterocycles. The summed E-state index contributed by atoms with van der Waals surface area (Å²) in [6.45, 7) is 7.19. The van der Waals surface area contributed by atoms with E-state index in [0.29, 0.717) is 13.1 Å². The van der Waals surface area contributed by atoms with Gasteiger partial charge in [0.2, 0.25) is 5.91 Å². The molecule has 6 nitrogen and oxygen atoms in total. The topological polar surface area (TPSA) is 65.5 Å². The van der Waals surface area contributed by atoms with Gasteiger partial charge >= 0.3 is 0 Å². The maximum Gasteiger partial charge on any atom is 0.254 e. The van der Waals surface area contributed by atoms with Crippen LogP contribution in [-0.4, -0.2) is 58.8 Å². The number of aromatic nitrogens is 1. The smallest absolute Gasteiger partial charge is 0.254 e. The van der Waals surface area contributed by atoms with Crippen molar-refractivity contribution in [3.8, 4) is 0 Å². The van der Waals surface area contributed by atoms with Crippen molar-refractivity contribution >= 4 is 33.4 Å². The number of fused-ring (bicyclic) bond motifs is 1. The molecular weight excluding hydrogens is 427 g/mol. The number of amides is 2. The van der Waals surface area contributed by atoms with Crippen LogP contribution in [0.2, 0.25) is 0 Å². The summed E-state index contributed by atoms with van der Waals surface area (Å²) in [5.41, 5.74) is 0.971. The predicted octanol–water partition coefficient (Wildman–Crippen LogP) is 3.53. The molecule has 1 atom stereocenters. The molecule has 0 saturated carbocycles. The number of nitrogens with zero attached hydrogens (tertiary/aromatic N) is 3. The fraction of sp³-hybridized carbons (Fsp3) is 0.375. The second kappa shape index (κ2) is 9.75. The molecule has 1 saturated heterocycles. The molecule has 0 bridgehead atoms. The van der Waals surface area contributed by atoms with Crippen LogP contribution in [0.15, 0.2) is 48.5 Å². The minimum absolute atomic E-state index is 0.0494. The summed E-state index contributed by atoms with van der Waals surface area (Å²) in [6.07, 6.45) is 0. The molecule has 1 N–H and O–H groups in total. The lowest BCUT2D eigenvalue weighted by Gasteiger charge is -2.37. The first-order valence-electron chi connectivity index (χ1n) is 10.8. The summed E-state index contributed by atoms with van der Waals surface area (Å²) in [4.78, 5) is 34.5. The Hall–Kier alpha value is -2.84. The zero-order valence-electron chi connectivity index (χ0n) is 18.3. The molecule has 1 aliphatic rings. The summed E-state index contributed by atoms with van der Waals surface area (Å²) >= 11 is 1.70. The molecule has 2 amide bonds. The van der Waals surface area contributed by atoms with E-state index in [1.165, 1.54) is 22.9 Å². The zero-order valence-corrected chi connectivity index (χ0v) is 19.1. The maximum atomic E-state index is 14.0. The lowest BCUT2D eigenvalue weighted by molar-refractivity contribution is -0.136. The number of para-hydroxylation sites is 1. The summed E-state index contributed by atoms with van der Waals surface area (Å²) < 4.78 is 15.2. The molecule has 2 aromatic carbocycles. The number of hydrogen-bond acceptors (Lipinski definition) is 5. The minimum atomic E-state index is -0.696. The van der Waals surface area contributed by atoms with E-state index >= 15 is 0 Å². The Morgan fingerprint density at radius 3 is 2.44 bits per heavy atom. The third-order valence-corrected chi connectivity index (χ3v) is 6.74. The van der Waals surface area contributed by atoms with E-state index in [9.17, 15) is 14.0 Å². The molecule has 0 aliphatic carbocycles. The normalized spacial score (nSPS) is 15.8. The second-order valence-corrected chi connectivity index (χ2v) is 9.47. The van der Waals surface area contributed by atoms with Crippen molar-refractivity contribution in [2.75, 3.05) is 26.2 Å². The molecule has 32 heavy (non-hydrogen) atoms. The van der Waals surface area contributed by atoms with Crippen LogP contribution in [-0.2, 0) is 11.3 Å². The first-order chi connectivity index (χ1) is 15.4. The lowest BCUT2D eigenvalue weighted by Crippen LogP contribution is -2.56. The lowest BCUT2D eigenvalue weighted by atomic mass is 10.0. The number of piperazine rings is 1. The number of carbonyl (C=O) groups is 2. The van der Waals surface area contributed by atoms with Crippen molar-refractivity contribution in [2.45, 2.75) is 26.4 Å². The van der Waals surface area contributed by atoms with Crippen LogP contribution in [0.1, 0.15) is 29.2 Å². The summed E-state index contributed by atoms with van der Waals surface area (Å²) in [6, 6.07) is 13.2. The number of benzene rings is 2. The molecular formula is C24H27FN4O2S. The average Bonchev–Trinajstić information content (AvgIpc) is 3.20. The highest BCUT2D eigenvalue weighted by molar-refractivity contribution is 7.18. The van der Waals surface area contributed by atoms with Crippen LogP contribution in [0, 0.1) is 11.7 Å². The fourth-order valence-electron chi connectivity index (χ4n) is 3.88. The molecule has 0 unspecified atom stereocenters. The second-order valence-electron chi connectivity index (χ2n) is 8.35. The number of hydrogen-bond donors (Lipinski definition) is 1. The van der Waals surface area contributed by atoms with Gasteiger partial charge in [0.1, 0.15) is 16.9 Å². The van der Waals surface area contributed by atoms with Crippen molar-refractivity contribution in [2.24, 2.45) is 5.92 Å². The van der Waals surface area contributed by atoms with Gasteiger partial charge in [-0.1, -0.05) is 38.1 Å². The van der Waals surface area contributed by atoms with Crippen LogP contribution in [0.4, 0.5) is 4.39 Å². The largest absolute Gasteiger partial charge is 0.340 e. The number of thiazole rings is 1. The van der Waals surface area contributed by atoms with Gasteiger partial charge in [-0.05, 0) is 30.2 Å². The third-order valence-electron chi connectivity index (χ3n) is 5.72. The van der Waals surface area contributed by atoms with Gasteiger partial charge in [-0.3, -0.25) is 14.5 Å². The van der Waals surface area contributed by atoms with E-state index in [0.717, 1.165) is 30.2 Å². The Morgan fingerprint density at radius 1 is 1.06 bits per heavy atom. The Kier molecular flexibility index (Phi) is 6.81. The van der Waals surface area contributed by atoms with E-state index in [-0.39, 0.29) is 17.4 Å². The van der Waals surface area contributed by atoms with Gasteiger partial charge in [0.15, 0.2) is 0 Å². The highest BCUT2D eigenvalue weighted by atomic mass is 32.1. The van der Waals surface area contributed by atoms with Crippen molar-refractivity contribution in [3.63, 3.8) is 0 Å². The quantitative estimate of drug-likeness (QED) is 0.619. The molecule has 0 radical (unpaired) electrons. The molecule has 2 heterocycles. The molecule has 3 aromatic rings. The summed E-state index contributed by atoms with van der Waals surface area (Å²) in [5.74, 6) is -1.39. The molecule has 1 aromatic heterocycles. The highest BCUT2D eigenvalue weighted by Crippen LogP contribution is 2.23. The number of halogens is 1. The fourth-order valence-corrected chi connectivity index (χ4v) is 4.89. The number of nitrogens with one attached hydrogen (secondary N) is 1. The monoisotopic (exact) mass is 454 g/mol. The van der Waals surface area contributed by atoms with Gasteiger partial charge in [0, 0.05) is 26.2 Å². The van der Waals surface area contributed by atoms with E-state index in [1.54, 1.807) is 22.3 Å². The van der Waals surface area contributed by atoms with Crippen molar-refractivity contribution in [3.05, 3.63) is 64.9 Å². The molecule has 0 spiro atoms. The van der Waals surface area contributed by atoms with Crippen LogP contribution < -0.4 is 5.32 Å². The first kappa shape index (κ1) is 22.4. The molecule has 8 heteroatoms. The minimum Gasteiger partial charge on any atom is -0.340 e. The van der Waals surface area contributed by atoms with E-state index in [4.69, 9.17) is 4.98 Å². The Bertz CT molecular complexity index is 1080. The van der Waals surface area contributed by atoms with Gasteiger partial charge in [-0.15, -0.1) is 11.3 Å². The Balaban J connectivity index is 1.35. The van der Waals surface area contributed by atoms with E-state index in [1.807, 2.05) is 32.0 Å². The number of rotatable bonds is 6. The molecule has 4 rings (SSSR count). The Labute approximate surface area is 191 Å². The van der Waals surface area contributed by atoms with Crippen LogP contribution in [0.5, 0.6) is 0 Å². The van der Waals surface area contributed by atoms with Gasteiger partial charge in [-0.2, -0.15) is 0 Å². The average molecular weight is 455 g/mol. The van der Waals surface area contributed by atoms with Gasteiger partial charge in [-0.25, -0.2) is 9.37 Å². The Morgan fingerprint density at radius 2 is 1.75 bits per heavy atom. The highest BCUT2D eigenvalue weighted by Gasteiger charge is 2.31. The van der Waals surface area contributed by atoms with Crippen LogP contribution >= 0.6 is 11.3 Å². The van der Waals surface area contributed by atoms with Gasteiger partial charge in [0.05, 0.1) is 22.3 Å². The van der Waals surface area contributed by atoms with Gasteiger partial charge in [0.25, 0.3) is 5.91 Å². The standard InChI is InChI=1S/C24H27FN4O2S/c1-16(2)22(27-23(30)17-7-3-4-8-18(17)25)24(31)29-13-11-28(12-14-29)15-21-26-19-9-5-6-10-20(19)32-21/h3-10,16,22H,11-15H2,1-2H3,(H,27,30)/t22-/m0/s1. The molecule has 1 fully saturated rings. The molecule has 168 valence electrons. The van der Waals surface area contributed by atoms with E-state index in [2.05, 4.69) is 16.3 Å². The maximum absolute atomic E-state index is 14.0. The third kappa shape index (κ3) is 4.97. The van der Waals surface area contributed by atoms with Crippen molar-refractivity contribution in [1.29, 1.82) is 0 Å². The number of carbonyl (C=O) groups excluding carboxylic acids is 2.